The molecule has 0 bridgehead atoms. The Kier molecular flexibility index (Phi) is 5.73. The lowest BCUT2D eigenvalue weighted by Crippen LogP contribution is -2.41. The van der Waals surface area contributed by atoms with Crippen LogP contribution >= 0.6 is 11.3 Å². The summed E-state index contributed by atoms with van der Waals surface area (Å²) in [6.45, 7) is 1.81. The molecule has 2 aromatic heterocycles. The van der Waals surface area contributed by atoms with Gasteiger partial charge in [0.05, 0.1) is 19.2 Å². The van der Waals surface area contributed by atoms with Gasteiger partial charge >= 0.3 is 5.69 Å². The number of aromatic nitrogens is 2. The Morgan fingerprint density at radius 2 is 1.77 bits per heavy atom. The number of amides is 1. The molecule has 2 heterocycles. The maximum atomic E-state index is 13.2. The van der Waals surface area contributed by atoms with Gasteiger partial charge in [0.2, 0.25) is 5.91 Å². The third-order valence-electron chi connectivity index (χ3n) is 5.06. The molecule has 4 rings (SSSR count). The van der Waals surface area contributed by atoms with Crippen LogP contribution in [0.1, 0.15) is 11.1 Å². The summed E-state index contributed by atoms with van der Waals surface area (Å²) < 4.78 is 8.12. The van der Waals surface area contributed by atoms with E-state index in [9.17, 15) is 14.4 Å². The number of hydrogen-bond acceptors (Lipinski definition) is 5. The van der Waals surface area contributed by atoms with Gasteiger partial charge in [-0.1, -0.05) is 30.3 Å². The highest BCUT2D eigenvalue weighted by Gasteiger charge is 2.17. The fraction of sp³-hybridized carbons (Fsp3) is 0.174. The summed E-state index contributed by atoms with van der Waals surface area (Å²) in [5, 5.41) is 4.59. The fourth-order valence-electron chi connectivity index (χ4n) is 3.39. The molecule has 2 aromatic carbocycles. The van der Waals surface area contributed by atoms with Gasteiger partial charge in [-0.3, -0.25) is 18.7 Å². The molecule has 0 aliphatic heterocycles. The second kappa shape index (κ2) is 8.61. The van der Waals surface area contributed by atoms with Crippen LogP contribution in [-0.2, 0) is 17.9 Å². The van der Waals surface area contributed by atoms with Crippen molar-refractivity contribution in [3.05, 3.63) is 91.9 Å². The normalized spacial score (nSPS) is 10.9. The van der Waals surface area contributed by atoms with E-state index in [0.29, 0.717) is 21.7 Å². The van der Waals surface area contributed by atoms with Crippen molar-refractivity contribution < 1.29 is 9.53 Å². The van der Waals surface area contributed by atoms with Crippen LogP contribution in [-0.4, -0.2) is 22.2 Å². The maximum Gasteiger partial charge on any atom is 0.332 e. The molecule has 158 valence electrons. The molecule has 0 aliphatic rings. The van der Waals surface area contributed by atoms with Crippen LogP contribution < -0.4 is 21.3 Å². The van der Waals surface area contributed by atoms with E-state index in [-0.39, 0.29) is 24.6 Å². The van der Waals surface area contributed by atoms with E-state index in [2.05, 4.69) is 5.32 Å². The molecular formula is C23H21N3O4S. The lowest BCUT2D eigenvalue weighted by molar-refractivity contribution is -0.116. The summed E-state index contributed by atoms with van der Waals surface area (Å²) in [4.78, 5) is 38.9. The van der Waals surface area contributed by atoms with Crippen LogP contribution in [0.15, 0.2) is 69.6 Å². The smallest absolute Gasteiger partial charge is 0.332 e. The van der Waals surface area contributed by atoms with Crippen molar-refractivity contribution in [2.75, 3.05) is 12.4 Å². The second-order valence-corrected chi connectivity index (χ2v) is 8.02. The molecule has 31 heavy (non-hydrogen) atoms. The van der Waals surface area contributed by atoms with E-state index in [1.807, 2.05) is 25.1 Å². The molecule has 0 saturated carbocycles. The zero-order valence-electron chi connectivity index (χ0n) is 17.1. The Hall–Kier alpha value is -3.65. The maximum absolute atomic E-state index is 13.2. The number of carbonyl (C=O) groups excluding carboxylic acids is 1. The van der Waals surface area contributed by atoms with Crippen LogP contribution in [0.3, 0.4) is 0 Å². The van der Waals surface area contributed by atoms with Crippen molar-refractivity contribution in [3.63, 3.8) is 0 Å². The first-order valence-electron chi connectivity index (χ1n) is 9.67. The number of rotatable bonds is 6. The fourth-order valence-corrected chi connectivity index (χ4v) is 4.23. The standard InChI is InChI=1S/C23H21N3O4S/c1-15-5-3-4-6-18(15)24-20(27)14-25-19-11-12-31-21(19)22(28)26(23(25)29)13-16-7-9-17(30-2)10-8-16/h3-12H,13-14H2,1-2H3,(H,24,27). The van der Waals surface area contributed by atoms with Gasteiger partial charge in [-0.15, -0.1) is 11.3 Å². The number of nitrogens with zero attached hydrogens (tertiary/aromatic N) is 2. The van der Waals surface area contributed by atoms with Crippen molar-refractivity contribution in [1.82, 2.24) is 9.13 Å². The van der Waals surface area contributed by atoms with Crippen molar-refractivity contribution in [1.29, 1.82) is 0 Å². The largest absolute Gasteiger partial charge is 0.497 e. The number of para-hydroxylation sites is 1. The van der Waals surface area contributed by atoms with Crippen molar-refractivity contribution in [2.24, 2.45) is 0 Å². The van der Waals surface area contributed by atoms with Gasteiger partial charge in [0.15, 0.2) is 0 Å². The number of anilines is 1. The molecule has 0 fully saturated rings. The minimum atomic E-state index is -0.522. The van der Waals surface area contributed by atoms with Gasteiger partial charge in [0, 0.05) is 5.69 Å². The Morgan fingerprint density at radius 1 is 1.03 bits per heavy atom. The molecule has 7 nitrogen and oxygen atoms in total. The number of methoxy groups -OCH3 is 1. The average Bonchev–Trinajstić information content (AvgIpc) is 3.26. The monoisotopic (exact) mass is 435 g/mol. The minimum absolute atomic E-state index is 0.106. The summed E-state index contributed by atoms with van der Waals surface area (Å²) in [6.07, 6.45) is 0. The molecule has 1 N–H and O–H groups in total. The summed E-state index contributed by atoms with van der Waals surface area (Å²) in [5.41, 5.74) is 1.98. The van der Waals surface area contributed by atoms with Gasteiger partial charge in [0.25, 0.3) is 5.56 Å². The van der Waals surface area contributed by atoms with Gasteiger partial charge in [0.1, 0.15) is 17.0 Å². The van der Waals surface area contributed by atoms with E-state index in [1.165, 1.54) is 20.5 Å². The quantitative estimate of drug-likeness (QED) is 0.504. The molecule has 1 amide bonds. The molecular weight excluding hydrogens is 414 g/mol. The first-order chi connectivity index (χ1) is 15.0. The van der Waals surface area contributed by atoms with E-state index in [1.54, 1.807) is 48.9 Å². The predicted molar refractivity (Wildman–Crippen MR) is 122 cm³/mol. The molecule has 8 heteroatoms. The van der Waals surface area contributed by atoms with Crippen molar-refractivity contribution in [3.8, 4) is 5.75 Å². The van der Waals surface area contributed by atoms with Gasteiger partial charge < -0.3 is 10.1 Å². The lowest BCUT2D eigenvalue weighted by atomic mass is 10.2. The lowest BCUT2D eigenvalue weighted by Gasteiger charge is -2.13. The molecule has 4 aromatic rings. The first-order valence-corrected chi connectivity index (χ1v) is 10.5. The number of carbonyl (C=O) groups is 1. The number of aryl methyl sites for hydroxylation is 1. The molecule has 0 radical (unpaired) electrons. The third kappa shape index (κ3) is 4.15. The molecule has 0 spiro atoms. The Labute approximate surface area is 182 Å². The SMILES string of the molecule is COc1ccc(Cn2c(=O)c3sccc3n(CC(=O)Nc3ccccc3C)c2=O)cc1. The summed E-state index contributed by atoms with van der Waals surface area (Å²) in [7, 11) is 1.57. The molecule has 0 atom stereocenters. The minimum Gasteiger partial charge on any atom is -0.497 e. The topological polar surface area (TPSA) is 82.3 Å². The van der Waals surface area contributed by atoms with Crippen LogP contribution in [0.4, 0.5) is 5.69 Å². The van der Waals surface area contributed by atoms with Crippen molar-refractivity contribution in [2.45, 2.75) is 20.0 Å². The number of ether oxygens (including phenoxy) is 1. The second-order valence-electron chi connectivity index (χ2n) is 7.11. The first kappa shape index (κ1) is 20.6. The van der Waals surface area contributed by atoms with Gasteiger partial charge in [-0.05, 0) is 47.7 Å². The summed E-state index contributed by atoms with van der Waals surface area (Å²) in [6, 6.07) is 16.3. The molecule has 0 unspecified atom stereocenters. The predicted octanol–water partition coefficient (Wildman–Crippen LogP) is 3.23. The molecule has 0 saturated heterocycles. The Bertz CT molecular complexity index is 1370. The highest BCUT2D eigenvalue weighted by Crippen LogP contribution is 2.17. The summed E-state index contributed by atoms with van der Waals surface area (Å²) >= 11 is 1.26. The Morgan fingerprint density at radius 3 is 2.48 bits per heavy atom. The molecule has 0 aliphatic carbocycles. The van der Waals surface area contributed by atoms with Crippen LogP contribution in [0.5, 0.6) is 5.75 Å². The number of fused-ring (bicyclic) bond motifs is 1. The highest BCUT2D eigenvalue weighted by molar-refractivity contribution is 7.17. The summed E-state index contributed by atoms with van der Waals surface area (Å²) in [5.74, 6) is 0.355. The number of hydrogen-bond donors (Lipinski definition) is 1. The number of benzene rings is 2. The van der Waals surface area contributed by atoms with Gasteiger partial charge in [-0.25, -0.2) is 4.79 Å². The van der Waals surface area contributed by atoms with Crippen LogP contribution in [0.2, 0.25) is 0 Å². The van der Waals surface area contributed by atoms with Crippen molar-refractivity contribution >= 4 is 33.1 Å². The third-order valence-corrected chi connectivity index (χ3v) is 5.95. The average molecular weight is 436 g/mol. The van der Waals surface area contributed by atoms with E-state index < -0.39 is 5.69 Å². The zero-order valence-corrected chi connectivity index (χ0v) is 17.9. The van der Waals surface area contributed by atoms with Crippen LogP contribution in [0.25, 0.3) is 10.2 Å². The van der Waals surface area contributed by atoms with Gasteiger partial charge in [-0.2, -0.15) is 0 Å². The number of nitrogens with one attached hydrogen (secondary N) is 1. The van der Waals surface area contributed by atoms with E-state index >= 15 is 0 Å². The van der Waals surface area contributed by atoms with Crippen LogP contribution in [0, 0.1) is 6.92 Å². The Balaban J connectivity index is 1.70. The highest BCUT2D eigenvalue weighted by atomic mass is 32.1. The number of thiophene rings is 1. The van der Waals surface area contributed by atoms with E-state index in [4.69, 9.17) is 4.74 Å². The van der Waals surface area contributed by atoms with E-state index in [0.717, 1.165) is 11.1 Å². The zero-order chi connectivity index (χ0) is 22.0.